The van der Waals surface area contributed by atoms with Crippen LogP contribution >= 0.6 is 0 Å². The molecule has 5 rings (SSSR count). The van der Waals surface area contributed by atoms with Crippen molar-refractivity contribution >= 4 is 17.8 Å². The van der Waals surface area contributed by atoms with Crippen molar-refractivity contribution in [2.75, 3.05) is 19.8 Å². The molecule has 2 atom stereocenters. The van der Waals surface area contributed by atoms with Crippen molar-refractivity contribution < 1.29 is 28.9 Å². The Morgan fingerprint density at radius 2 is 1.47 bits per heavy atom. The van der Waals surface area contributed by atoms with E-state index in [1.807, 2.05) is 99.6 Å². The highest BCUT2D eigenvalue weighted by Crippen LogP contribution is 2.43. The molecule has 0 spiro atoms. The highest BCUT2D eigenvalue weighted by molar-refractivity contribution is 6.01. The second-order valence-electron chi connectivity index (χ2n) is 13.0. The lowest BCUT2D eigenvalue weighted by Gasteiger charge is -2.31. The molecule has 4 aromatic carbocycles. The van der Waals surface area contributed by atoms with Crippen LogP contribution in [0.15, 0.2) is 120 Å². The van der Waals surface area contributed by atoms with Crippen molar-refractivity contribution in [1.29, 1.82) is 0 Å². The first-order valence-electron chi connectivity index (χ1n) is 16.7. The molecular weight excluding hydrogens is 618 g/mol. The minimum absolute atomic E-state index is 0.0395. The number of aliphatic hydroxyl groups excluding tert-OH is 1. The molecule has 3 N–H and O–H groups in total. The maximum atomic E-state index is 14.5. The van der Waals surface area contributed by atoms with Gasteiger partial charge in [0, 0.05) is 37.5 Å². The molecule has 4 aromatic rings. The number of carbonyl (C=O) groups excluding carboxylic acids is 2. The molecule has 1 aliphatic rings. The number of rotatable bonds is 15. The van der Waals surface area contributed by atoms with E-state index in [2.05, 4.69) is 35.1 Å². The molecule has 0 saturated heterocycles. The standard InChI is InChI=1S/C40H45N3O6/c1-39(2,3)49-35(45)24-25-40(38(46)43-41-28-34(29-14-7-4-8-15-29)30-16-9-5-10-17-30)36(31-18-11-6-12-19-31)48-37(42-40)32-20-22-33(23-21-32)47-27-13-26-44/h4-12,14-23,34,36,41,44H,13,24-28H2,1-3H3,(H,43,46)/t36-,40-/m0/s1. The zero-order valence-electron chi connectivity index (χ0n) is 28.3. The number of carbonyl (C=O) groups is 2. The number of aliphatic imine (C=N–C) groups is 1. The topological polar surface area (TPSA) is 118 Å². The number of ether oxygens (including phenoxy) is 3. The van der Waals surface area contributed by atoms with Gasteiger partial charge in [0.1, 0.15) is 11.4 Å². The zero-order chi connectivity index (χ0) is 34.7. The Bertz CT molecular complexity index is 1630. The van der Waals surface area contributed by atoms with Gasteiger partial charge in [0.2, 0.25) is 5.90 Å². The fourth-order valence-corrected chi connectivity index (χ4v) is 5.82. The van der Waals surface area contributed by atoms with Gasteiger partial charge < -0.3 is 19.3 Å². The molecule has 0 aliphatic carbocycles. The first-order chi connectivity index (χ1) is 23.7. The molecule has 0 fully saturated rings. The summed E-state index contributed by atoms with van der Waals surface area (Å²) in [7, 11) is 0. The first-order valence-corrected chi connectivity index (χ1v) is 16.7. The number of esters is 1. The van der Waals surface area contributed by atoms with E-state index < -0.39 is 29.1 Å². The van der Waals surface area contributed by atoms with Crippen LogP contribution in [-0.4, -0.2) is 53.8 Å². The maximum Gasteiger partial charge on any atom is 0.306 e. The van der Waals surface area contributed by atoms with E-state index in [4.69, 9.17) is 24.3 Å². The van der Waals surface area contributed by atoms with Gasteiger partial charge in [0.25, 0.3) is 5.91 Å². The summed E-state index contributed by atoms with van der Waals surface area (Å²) in [5, 5.41) is 9.09. The summed E-state index contributed by atoms with van der Waals surface area (Å²) in [5.41, 5.74) is 7.56. The monoisotopic (exact) mass is 663 g/mol. The highest BCUT2D eigenvalue weighted by Gasteiger charge is 2.53. The van der Waals surface area contributed by atoms with Gasteiger partial charge in [-0.05, 0) is 68.1 Å². The van der Waals surface area contributed by atoms with Gasteiger partial charge >= 0.3 is 5.97 Å². The van der Waals surface area contributed by atoms with Crippen LogP contribution in [0.2, 0.25) is 0 Å². The molecule has 49 heavy (non-hydrogen) atoms. The van der Waals surface area contributed by atoms with Gasteiger partial charge in [-0.25, -0.2) is 10.4 Å². The van der Waals surface area contributed by atoms with Crippen LogP contribution in [0.5, 0.6) is 5.75 Å². The quantitative estimate of drug-likeness (QED) is 0.0779. The molecular formula is C40H45N3O6. The van der Waals surface area contributed by atoms with Crippen LogP contribution in [0.1, 0.15) is 74.3 Å². The predicted octanol–water partition coefficient (Wildman–Crippen LogP) is 6.28. The molecule has 0 aromatic heterocycles. The van der Waals surface area contributed by atoms with Crippen LogP contribution in [0.25, 0.3) is 0 Å². The number of amides is 1. The molecule has 0 unspecified atom stereocenters. The van der Waals surface area contributed by atoms with Crippen molar-refractivity contribution in [2.45, 2.75) is 63.2 Å². The second-order valence-corrected chi connectivity index (χ2v) is 13.0. The van der Waals surface area contributed by atoms with E-state index in [-0.39, 0.29) is 31.3 Å². The van der Waals surface area contributed by atoms with Crippen molar-refractivity contribution in [2.24, 2.45) is 4.99 Å². The fraction of sp³-hybridized carbons (Fsp3) is 0.325. The summed E-state index contributed by atoms with van der Waals surface area (Å²) in [4.78, 5) is 32.6. The Balaban J connectivity index is 1.46. The van der Waals surface area contributed by atoms with E-state index in [1.54, 1.807) is 12.1 Å². The fourth-order valence-electron chi connectivity index (χ4n) is 5.82. The number of nitrogens with one attached hydrogen (secondary N) is 2. The number of benzene rings is 4. The number of hydrogen-bond donors (Lipinski definition) is 3. The third-order valence-electron chi connectivity index (χ3n) is 8.17. The Morgan fingerprint density at radius 1 is 0.878 bits per heavy atom. The van der Waals surface area contributed by atoms with Crippen molar-refractivity contribution in [3.05, 3.63) is 138 Å². The summed E-state index contributed by atoms with van der Waals surface area (Å²) in [6.07, 6.45) is -0.311. The minimum atomic E-state index is -1.51. The van der Waals surface area contributed by atoms with Crippen molar-refractivity contribution in [1.82, 2.24) is 10.9 Å². The van der Waals surface area contributed by atoms with Gasteiger partial charge in [0.15, 0.2) is 11.6 Å². The molecule has 1 amide bonds. The number of nitrogens with zero attached hydrogens (tertiary/aromatic N) is 1. The largest absolute Gasteiger partial charge is 0.494 e. The minimum Gasteiger partial charge on any atom is -0.494 e. The SMILES string of the molecule is CC(C)(C)OC(=O)CC[C@]1(C(=O)NNCC(c2ccccc2)c2ccccc2)N=C(c2ccc(OCCCO)cc2)O[C@H]1c1ccccc1. The first kappa shape index (κ1) is 35.3. The summed E-state index contributed by atoms with van der Waals surface area (Å²) >= 11 is 0. The summed E-state index contributed by atoms with van der Waals surface area (Å²) in [6.45, 7) is 6.28. The molecule has 0 saturated carbocycles. The van der Waals surface area contributed by atoms with Crippen LogP contribution in [0, 0.1) is 0 Å². The third kappa shape index (κ3) is 9.34. The molecule has 0 bridgehead atoms. The number of hydrogen-bond acceptors (Lipinski definition) is 8. The van der Waals surface area contributed by atoms with E-state index >= 15 is 0 Å². The van der Waals surface area contributed by atoms with E-state index in [0.717, 1.165) is 16.7 Å². The van der Waals surface area contributed by atoms with Crippen molar-refractivity contribution in [3.8, 4) is 5.75 Å². The van der Waals surface area contributed by atoms with Gasteiger partial charge in [0.05, 0.1) is 6.61 Å². The number of aliphatic hydroxyl groups is 1. The van der Waals surface area contributed by atoms with Crippen LogP contribution in [0.3, 0.4) is 0 Å². The second kappa shape index (κ2) is 16.4. The molecule has 9 nitrogen and oxygen atoms in total. The van der Waals surface area contributed by atoms with Gasteiger partial charge in [-0.1, -0.05) is 91.0 Å². The lowest BCUT2D eigenvalue weighted by molar-refractivity contribution is -0.155. The Hall–Kier alpha value is -4.99. The van der Waals surface area contributed by atoms with Crippen LogP contribution < -0.4 is 15.6 Å². The van der Waals surface area contributed by atoms with Gasteiger partial charge in [-0.3, -0.25) is 15.0 Å². The van der Waals surface area contributed by atoms with Gasteiger partial charge in [-0.15, -0.1) is 0 Å². The molecule has 9 heteroatoms. The third-order valence-corrected chi connectivity index (χ3v) is 8.17. The average Bonchev–Trinajstić information content (AvgIpc) is 3.51. The van der Waals surface area contributed by atoms with Crippen molar-refractivity contribution in [3.63, 3.8) is 0 Å². The Morgan fingerprint density at radius 3 is 2.04 bits per heavy atom. The predicted molar refractivity (Wildman–Crippen MR) is 189 cm³/mol. The Labute approximate surface area is 288 Å². The lowest BCUT2D eigenvalue weighted by Crippen LogP contribution is -2.53. The zero-order valence-corrected chi connectivity index (χ0v) is 28.3. The molecule has 0 radical (unpaired) electrons. The lowest BCUT2D eigenvalue weighted by atomic mass is 9.83. The molecule has 1 heterocycles. The average molecular weight is 664 g/mol. The molecule has 1 aliphatic heterocycles. The summed E-state index contributed by atoms with van der Waals surface area (Å²) in [5.74, 6) is 0.0215. The van der Waals surface area contributed by atoms with Crippen LogP contribution in [-0.2, 0) is 19.1 Å². The van der Waals surface area contributed by atoms with E-state index in [0.29, 0.717) is 30.9 Å². The normalized spacial score (nSPS) is 17.2. The smallest absolute Gasteiger partial charge is 0.306 e. The van der Waals surface area contributed by atoms with Gasteiger partial charge in [-0.2, -0.15) is 0 Å². The summed E-state index contributed by atoms with van der Waals surface area (Å²) in [6, 6.07) is 36.9. The van der Waals surface area contributed by atoms with Crippen LogP contribution in [0.4, 0.5) is 0 Å². The highest BCUT2D eigenvalue weighted by atomic mass is 16.6. The summed E-state index contributed by atoms with van der Waals surface area (Å²) < 4.78 is 17.9. The van der Waals surface area contributed by atoms with E-state index in [1.165, 1.54) is 0 Å². The van der Waals surface area contributed by atoms with E-state index in [9.17, 15) is 9.59 Å². The molecule has 256 valence electrons. The Kier molecular flexibility index (Phi) is 11.8. The maximum absolute atomic E-state index is 14.5. The number of hydrazine groups is 1.